The summed E-state index contributed by atoms with van der Waals surface area (Å²) in [5.74, 6) is -6.90. The largest absolute Gasteiger partial charge is 0.469 e. The number of carbonyl (C=O) groups is 3. The minimum Gasteiger partial charge on any atom is -0.469 e. The number of ketones is 1. The average molecular weight is 338 g/mol. The highest BCUT2D eigenvalue weighted by atomic mass is 19.1. The van der Waals surface area contributed by atoms with Gasteiger partial charge in [0, 0.05) is 12.3 Å². The maximum atomic E-state index is 14.3. The Morgan fingerprint density at radius 1 is 1.21 bits per heavy atom. The van der Waals surface area contributed by atoms with E-state index in [1.165, 1.54) is 25.1 Å². The molecule has 7 heteroatoms. The second kappa shape index (κ2) is 6.68. The molecule has 1 saturated carbocycles. The van der Waals surface area contributed by atoms with Crippen molar-refractivity contribution < 1.29 is 33.4 Å². The van der Waals surface area contributed by atoms with Gasteiger partial charge in [-0.2, -0.15) is 0 Å². The van der Waals surface area contributed by atoms with Crippen molar-refractivity contribution in [3.63, 3.8) is 0 Å². The van der Waals surface area contributed by atoms with E-state index in [-0.39, 0.29) is 5.56 Å². The predicted molar refractivity (Wildman–Crippen MR) is 80.4 cm³/mol. The normalized spacial score (nSPS) is 29.9. The fourth-order valence-electron chi connectivity index (χ4n) is 3.39. The summed E-state index contributed by atoms with van der Waals surface area (Å²) < 4.78 is 23.7. The summed E-state index contributed by atoms with van der Waals surface area (Å²) in [7, 11) is 2.23. The molecular weight excluding hydrogens is 319 g/mol. The highest BCUT2D eigenvalue weighted by molar-refractivity contribution is 6.02. The molecule has 0 heterocycles. The van der Waals surface area contributed by atoms with Gasteiger partial charge < -0.3 is 14.6 Å². The van der Waals surface area contributed by atoms with E-state index in [1.807, 2.05) is 0 Å². The van der Waals surface area contributed by atoms with E-state index in [4.69, 9.17) is 4.74 Å². The number of hydrogen-bond acceptors (Lipinski definition) is 6. The molecule has 24 heavy (non-hydrogen) atoms. The minimum atomic E-state index is -1.78. The Hall–Kier alpha value is -2.28. The van der Waals surface area contributed by atoms with Crippen molar-refractivity contribution >= 4 is 17.7 Å². The zero-order chi connectivity index (χ0) is 18.1. The maximum absolute atomic E-state index is 14.3. The third-order valence-corrected chi connectivity index (χ3v) is 4.44. The summed E-state index contributed by atoms with van der Waals surface area (Å²) in [5.41, 5.74) is -1.79. The molecule has 1 aliphatic carbocycles. The van der Waals surface area contributed by atoms with Gasteiger partial charge in [-0.1, -0.05) is 18.2 Å². The number of hydrogen-bond donors (Lipinski definition) is 1. The fraction of sp³-hybridized carbons (Fsp3) is 0.471. The zero-order valence-electron chi connectivity index (χ0n) is 13.6. The molecule has 0 unspecified atom stereocenters. The van der Waals surface area contributed by atoms with Gasteiger partial charge >= 0.3 is 11.9 Å². The lowest BCUT2D eigenvalue weighted by Gasteiger charge is -2.43. The quantitative estimate of drug-likeness (QED) is 0.658. The molecule has 0 radical (unpaired) electrons. The monoisotopic (exact) mass is 338 g/mol. The highest BCUT2D eigenvalue weighted by Gasteiger charge is 2.57. The van der Waals surface area contributed by atoms with Gasteiger partial charge in [0.1, 0.15) is 11.7 Å². The van der Waals surface area contributed by atoms with E-state index in [2.05, 4.69) is 4.74 Å². The van der Waals surface area contributed by atoms with Crippen molar-refractivity contribution in [2.75, 3.05) is 14.2 Å². The Balaban J connectivity index is 2.68. The van der Waals surface area contributed by atoms with Gasteiger partial charge in [-0.3, -0.25) is 14.4 Å². The first-order valence-corrected chi connectivity index (χ1v) is 7.39. The Morgan fingerprint density at radius 2 is 1.79 bits per heavy atom. The van der Waals surface area contributed by atoms with Gasteiger partial charge in [0.15, 0.2) is 5.78 Å². The molecule has 0 saturated heterocycles. The summed E-state index contributed by atoms with van der Waals surface area (Å²) in [6.07, 6.45) is -0.433. The van der Waals surface area contributed by atoms with E-state index < -0.39 is 53.3 Å². The Kier molecular flexibility index (Phi) is 5.03. The van der Waals surface area contributed by atoms with E-state index in [0.717, 1.165) is 20.3 Å². The summed E-state index contributed by atoms with van der Waals surface area (Å²) in [6, 6.07) is 5.50. The number of ether oxygens (including phenoxy) is 2. The van der Waals surface area contributed by atoms with E-state index in [9.17, 15) is 23.9 Å². The summed E-state index contributed by atoms with van der Waals surface area (Å²) in [6.45, 7) is 1.30. The number of benzene rings is 1. The Morgan fingerprint density at radius 3 is 2.33 bits per heavy atom. The lowest BCUT2D eigenvalue weighted by atomic mass is 9.61. The Bertz CT molecular complexity index is 669. The third kappa shape index (κ3) is 3.03. The first kappa shape index (κ1) is 18.1. The molecule has 4 atom stereocenters. The number of esters is 2. The lowest BCUT2D eigenvalue weighted by molar-refractivity contribution is -0.170. The van der Waals surface area contributed by atoms with Crippen LogP contribution >= 0.6 is 0 Å². The van der Waals surface area contributed by atoms with Gasteiger partial charge in [-0.25, -0.2) is 4.39 Å². The summed E-state index contributed by atoms with van der Waals surface area (Å²) in [4.78, 5) is 36.8. The van der Waals surface area contributed by atoms with Gasteiger partial charge in [0.05, 0.1) is 25.7 Å². The molecule has 1 N–H and O–H groups in total. The molecule has 2 rings (SSSR count). The van der Waals surface area contributed by atoms with Gasteiger partial charge in [0.25, 0.3) is 0 Å². The molecule has 1 fully saturated rings. The lowest BCUT2D eigenvalue weighted by Crippen LogP contribution is -2.55. The molecule has 0 amide bonds. The second-order valence-corrected chi connectivity index (χ2v) is 6.05. The van der Waals surface area contributed by atoms with Crippen LogP contribution in [0.1, 0.15) is 24.8 Å². The molecule has 0 spiro atoms. The molecule has 6 nitrogen and oxygen atoms in total. The first-order chi connectivity index (χ1) is 11.2. The van der Waals surface area contributed by atoms with Crippen LogP contribution in [-0.4, -0.2) is 42.6 Å². The number of methoxy groups -OCH3 is 2. The fourth-order valence-corrected chi connectivity index (χ4v) is 3.39. The molecular formula is C17H19FO6. The van der Waals surface area contributed by atoms with E-state index in [1.54, 1.807) is 0 Å². The molecule has 130 valence electrons. The molecule has 1 aromatic carbocycles. The summed E-state index contributed by atoms with van der Waals surface area (Å²) in [5, 5.41) is 10.6. The number of Topliss-reactive ketones (excluding diaryl/α,β-unsaturated/α-hetero) is 1. The minimum absolute atomic E-state index is 0.0170. The van der Waals surface area contributed by atoms with Gasteiger partial charge in [-0.15, -0.1) is 0 Å². The predicted octanol–water partition coefficient (Wildman–Crippen LogP) is 1.21. The Labute approximate surface area is 138 Å². The number of halogens is 1. The van der Waals surface area contributed by atoms with Gasteiger partial charge in [-0.05, 0) is 18.6 Å². The van der Waals surface area contributed by atoms with Crippen LogP contribution in [0.25, 0.3) is 0 Å². The third-order valence-electron chi connectivity index (χ3n) is 4.44. The van der Waals surface area contributed by atoms with Crippen LogP contribution < -0.4 is 0 Å². The van der Waals surface area contributed by atoms with Crippen LogP contribution in [0.15, 0.2) is 24.3 Å². The number of rotatable bonds is 3. The standard InChI is InChI=1S/C17H19FO6/c1-17(22)8-11(19)13(15(20)23-2)12(14(17)16(21)24-3)9-6-4-5-7-10(9)18/h4-7,12-14,22H,8H2,1-3H3/t12-,13+,14+,17+/m0/s1. The average Bonchev–Trinajstić information content (AvgIpc) is 2.52. The van der Waals surface area contributed by atoms with Crippen LogP contribution in [0.5, 0.6) is 0 Å². The van der Waals surface area contributed by atoms with Crippen LogP contribution in [-0.2, 0) is 23.9 Å². The molecule has 1 aromatic rings. The maximum Gasteiger partial charge on any atom is 0.316 e. The molecule has 1 aliphatic rings. The van der Waals surface area contributed by atoms with Crippen LogP contribution in [0.3, 0.4) is 0 Å². The van der Waals surface area contributed by atoms with Crippen LogP contribution in [0.2, 0.25) is 0 Å². The molecule has 0 bridgehead atoms. The van der Waals surface area contributed by atoms with Crippen molar-refractivity contribution in [2.24, 2.45) is 11.8 Å². The topological polar surface area (TPSA) is 89.9 Å². The SMILES string of the molecule is COC(=O)[C@@H]1C(=O)C[C@@](C)(O)[C@@H](C(=O)OC)[C@H]1c1ccccc1F. The second-order valence-electron chi connectivity index (χ2n) is 6.05. The molecule has 0 aliphatic heterocycles. The first-order valence-electron chi connectivity index (χ1n) is 7.39. The van der Waals surface area contributed by atoms with E-state index >= 15 is 0 Å². The van der Waals surface area contributed by atoms with E-state index in [0.29, 0.717) is 0 Å². The van der Waals surface area contributed by atoms with Crippen LogP contribution in [0.4, 0.5) is 4.39 Å². The van der Waals surface area contributed by atoms with Crippen molar-refractivity contribution in [2.45, 2.75) is 24.9 Å². The van der Waals surface area contributed by atoms with Crippen molar-refractivity contribution in [3.8, 4) is 0 Å². The summed E-state index contributed by atoms with van der Waals surface area (Å²) >= 11 is 0. The van der Waals surface area contributed by atoms with Crippen molar-refractivity contribution in [1.29, 1.82) is 0 Å². The van der Waals surface area contributed by atoms with Crippen molar-refractivity contribution in [1.82, 2.24) is 0 Å². The highest BCUT2D eigenvalue weighted by Crippen LogP contribution is 2.47. The zero-order valence-corrected chi connectivity index (χ0v) is 13.6. The van der Waals surface area contributed by atoms with Crippen molar-refractivity contribution in [3.05, 3.63) is 35.6 Å². The smallest absolute Gasteiger partial charge is 0.316 e. The van der Waals surface area contributed by atoms with Gasteiger partial charge in [0.2, 0.25) is 0 Å². The van der Waals surface area contributed by atoms with Crippen LogP contribution in [0, 0.1) is 17.7 Å². The number of carbonyl (C=O) groups excluding carboxylic acids is 3. The molecule has 0 aromatic heterocycles. The number of aliphatic hydroxyl groups is 1.